The van der Waals surface area contributed by atoms with Crippen molar-refractivity contribution in [2.24, 2.45) is 16.6 Å². The Labute approximate surface area is 142 Å². The number of amides is 1. The smallest absolute Gasteiger partial charge is 0.217 e. The maximum absolute atomic E-state index is 11.1. The highest BCUT2D eigenvalue weighted by molar-refractivity contribution is 7.09. The topological polar surface area (TPSA) is 83.6 Å². The highest BCUT2D eigenvalue weighted by Gasteiger charge is 2.23. The van der Waals surface area contributed by atoms with Gasteiger partial charge in [-0.15, -0.1) is 11.3 Å². The largest absolute Gasteiger partial charge is 0.370 e. The number of nitrogens with one attached hydrogen (secondary N) is 1. The average molecular weight is 337 g/mol. The summed E-state index contributed by atoms with van der Waals surface area (Å²) >= 11 is 1.70. The fourth-order valence-corrected chi connectivity index (χ4v) is 3.71. The SMILES string of the molecule is CN=C(NCc1csc(C(C)C)n1)N1CCCC(CC(N)=O)C1. The van der Waals surface area contributed by atoms with Gasteiger partial charge in [0.15, 0.2) is 5.96 Å². The third-order valence-corrected chi connectivity index (χ3v) is 5.21. The van der Waals surface area contributed by atoms with Crippen LogP contribution in [0.2, 0.25) is 0 Å². The molecule has 1 aliphatic heterocycles. The van der Waals surface area contributed by atoms with E-state index in [9.17, 15) is 4.79 Å². The summed E-state index contributed by atoms with van der Waals surface area (Å²) < 4.78 is 0. The zero-order chi connectivity index (χ0) is 16.8. The Hall–Kier alpha value is -1.63. The molecule has 1 aromatic rings. The first-order chi connectivity index (χ1) is 11.0. The number of hydrogen-bond donors (Lipinski definition) is 2. The van der Waals surface area contributed by atoms with Gasteiger partial charge in [-0.25, -0.2) is 4.98 Å². The van der Waals surface area contributed by atoms with E-state index in [-0.39, 0.29) is 5.91 Å². The first-order valence-electron chi connectivity index (χ1n) is 8.17. The Bertz CT molecular complexity index is 554. The van der Waals surface area contributed by atoms with E-state index < -0.39 is 0 Å². The minimum absolute atomic E-state index is 0.219. The standard InChI is InChI=1S/C16H27N5OS/c1-11(2)15-20-13(10-23-15)8-19-16(18-3)21-6-4-5-12(9-21)7-14(17)22/h10-12H,4-9H2,1-3H3,(H2,17,22)(H,18,19). The molecule has 0 spiro atoms. The summed E-state index contributed by atoms with van der Waals surface area (Å²) in [6, 6.07) is 0. The number of primary amides is 1. The maximum atomic E-state index is 11.1. The van der Waals surface area contributed by atoms with E-state index in [0.717, 1.165) is 42.6 Å². The van der Waals surface area contributed by atoms with Gasteiger partial charge in [-0.2, -0.15) is 0 Å². The number of piperidine rings is 1. The highest BCUT2D eigenvalue weighted by Crippen LogP contribution is 2.20. The van der Waals surface area contributed by atoms with Gasteiger partial charge in [0, 0.05) is 37.9 Å². The molecule has 1 amide bonds. The Morgan fingerprint density at radius 1 is 1.61 bits per heavy atom. The van der Waals surface area contributed by atoms with Crippen molar-refractivity contribution in [2.75, 3.05) is 20.1 Å². The summed E-state index contributed by atoms with van der Waals surface area (Å²) in [5, 5.41) is 6.65. The van der Waals surface area contributed by atoms with Crippen molar-refractivity contribution in [3.05, 3.63) is 16.1 Å². The van der Waals surface area contributed by atoms with Crippen LogP contribution in [-0.4, -0.2) is 41.9 Å². The molecular formula is C16H27N5OS. The second-order valence-electron chi connectivity index (χ2n) is 6.36. The summed E-state index contributed by atoms with van der Waals surface area (Å²) in [6.07, 6.45) is 2.57. The molecule has 2 heterocycles. The molecule has 1 aromatic heterocycles. The van der Waals surface area contributed by atoms with Crippen LogP contribution in [0.3, 0.4) is 0 Å². The molecule has 23 heavy (non-hydrogen) atoms. The number of rotatable bonds is 5. The number of guanidine groups is 1. The van der Waals surface area contributed by atoms with E-state index in [0.29, 0.717) is 24.8 Å². The maximum Gasteiger partial charge on any atom is 0.217 e. The molecule has 0 bridgehead atoms. The van der Waals surface area contributed by atoms with Crippen LogP contribution in [0.4, 0.5) is 0 Å². The summed E-state index contributed by atoms with van der Waals surface area (Å²) in [5.74, 6) is 1.44. The molecule has 1 unspecified atom stereocenters. The van der Waals surface area contributed by atoms with E-state index in [1.807, 2.05) is 0 Å². The Kier molecular flexibility index (Phi) is 6.38. The van der Waals surface area contributed by atoms with Crippen molar-refractivity contribution >= 4 is 23.2 Å². The Balaban J connectivity index is 1.90. The van der Waals surface area contributed by atoms with Crippen molar-refractivity contribution < 1.29 is 4.79 Å². The number of aliphatic imine (C=N–C) groups is 1. The Morgan fingerprint density at radius 3 is 3.00 bits per heavy atom. The number of nitrogens with zero attached hydrogens (tertiary/aromatic N) is 3. The van der Waals surface area contributed by atoms with Crippen LogP contribution in [0.25, 0.3) is 0 Å². The van der Waals surface area contributed by atoms with Crippen molar-refractivity contribution in [1.82, 2.24) is 15.2 Å². The predicted molar refractivity (Wildman–Crippen MR) is 94.5 cm³/mol. The lowest BCUT2D eigenvalue weighted by Gasteiger charge is -2.34. The number of carbonyl (C=O) groups excluding carboxylic acids is 1. The van der Waals surface area contributed by atoms with Gasteiger partial charge < -0.3 is 16.0 Å². The fraction of sp³-hybridized carbons (Fsp3) is 0.688. The van der Waals surface area contributed by atoms with Gasteiger partial charge in [-0.05, 0) is 18.8 Å². The molecule has 7 heteroatoms. The molecule has 1 fully saturated rings. The first kappa shape index (κ1) is 17.7. The van der Waals surface area contributed by atoms with Gasteiger partial charge in [0.25, 0.3) is 0 Å². The third kappa shape index (κ3) is 5.20. The number of aromatic nitrogens is 1. The van der Waals surface area contributed by atoms with E-state index in [1.165, 1.54) is 0 Å². The second-order valence-corrected chi connectivity index (χ2v) is 7.25. The van der Waals surface area contributed by atoms with Crippen molar-refractivity contribution in [3.63, 3.8) is 0 Å². The average Bonchev–Trinajstić information content (AvgIpc) is 2.97. The molecule has 128 valence electrons. The van der Waals surface area contributed by atoms with Crippen LogP contribution in [-0.2, 0) is 11.3 Å². The number of nitrogens with two attached hydrogens (primary N) is 1. The molecular weight excluding hydrogens is 310 g/mol. The van der Waals surface area contributed by atoms with Gasteiger partial charge >= 0.3 is 0 Å². The summed E-state index contributed by atoms with van der Waals surface area (Å²) in [5.41, 5.74) is 6.38. The van der Waals surface area contributed by atoms with E-state index in [2.05, 4.69) is 39.4 Å². The lowest BCUT2D eigenvalue weighted by molar-refractivity contribution is -0.119. The van der Waals surface area contributed by atoms with Gasteiger partial charge in [-0.1, -0.05) is 13.8 Å². The molecule has 2 rings (SSSR count). The molecule has 1 aliphatic rings. The highest BCUT2D eigenvalue weighted by atomic mass is 32.1. The first-order valence-corrected chi connectivity index (χ1v) is 9.05. The van der Waals surface area contributed by atoms with Gasteiger partial charge in [-0.3, -0.25) is 9.79 Å². The normalized spacial score (nSPS) is 19.2. The van der Waals surface area contributed by atoms with Crippen molar-refractivity contribution in [3.8, 4) is 0 Å². The molecule has 1 saturated heterocycles. The molecule has 0 aromatic carbocycles. The number of thiazole rings is 1. The van der Waals surface area contributed by atoms with E-state index in [1.54, 1.807) is 18.4 Å². The lowest BCUT2D eigenvalue weighted by atomic mass is 9.95. The van der Waals surface area contributed by atoms with Crippen LogP contribution in [0.1, 0.15) is 49.7 Å². The number of likely N-dealkylation sites (tertiary alicyclic amines) is 1. The van der Waals surface area contributed by atoms with Gasteiger partial charge in [0.05, 0.1) is 17.2 Å². The monoisotopic (exact) mass is 337 g/mol. The quantitative estimate of drug-likeness (QED) is 0.635. The van der Waals surface area contributed by atoms with Crippen molar-refractivity contribution in [2.45, 2.75) is 45.6 Å². The number of hydrogen-bond acceptors (Lipinski definition) is 4. The lowest BCUT2D eigenvalue weighted by Crippen LogP contribution is -2.46. The minimum Gasteiger partial charge on any atom is -0.370 e. The van der Waals surface area contributed by atoms with Crippen LogP contribution >= 0.6 is 11.3 Å². The zero-order valence-corrected chi connectivity index (χ0v) is 15.0. The van der Waals surface area contributed by atoms with Crippen LogP contribution in [0.5, 0.6) is 0 Å². The number of carbonyl (C=O) groups is 1. The predicted octanol–water partition coefficient (Wildman–Crippen LogP) is 1.93. The minimum atomic E-state index is -0.219. The summed E-state index contributed by atoms with van der Waals surface area (Å²) in [6.45, 7) is 6.77. The molecule has 0 radical (unpaired) electrons. The molecule has 6 nitrogen and oxygen atoms in total. The van der Waals surface area contributed by atoms with Gasteiger partial charge in [0.2, 0.25) is 5.91 Å². The fourth-order valence-electron chi connectivity index (χ4n) is 2.88. The molecule has 0 saturated carbocycles. The van der Waals surface area contributed by atoms with Crippen LogP contribution in [0.15, 0.2) is 10.4 Å². The second kappa shape index (κ2) is 8.29. The van der Waals surface area contributed by atoms with Gasteiger partial charge in [0.1, 0.15) is 0 Å². The third-order valence-electron chi connectivity index (χ3n) is 4.01. The van der Waals surface area contributed by atoms with Crippen LogP contribution < -0.4 is 11.1 Å². The zero-order valence-electron chi connectivity index (χ0n) is 14.2. The summed E-state index contributed by atoms with van der Waals surface area (Å²) in [7, 11) is 1.79. The van der Waals surface area contributed by atoms with Crippen LogP contribution in [0, 0.1) is 5.92 Å². The summed E-state index contributed by atoms with van der Waals surface area (Å²) in [4.78, 5) is 22.4. The molecule has 1 atom stereocenters. The Morgan fingerprint density at radius 2 is 2.39 bits per heavy atom. The molecule has 3 N–H and O–H groups in total. The molecule has 0 aliphatic carbocycles. The van der Waals surface area contributed by atoms with Crippen molar-refractivity contribution in [1.29, 1.82) is 0 Å². The van der Waals surface area contributed by atoms with E-state index >= 15 is 0 Å². The van der Waals surface area contributed by atoms with E-state index in [4.69, 9.17) is 5.73 Å².